The van der Waals surface area contributed by atoms with Gasteiger partial charge in [0.15, 0.2) is 5.65 Å². The summed E-state index contributed by atoms with van der Waals surface area (Å²) >= 11 is 3.42. The van der Waals surface area contributed by atoms with E-state index in [1.807, 2.05) is 42.5 Å². The zero-order valence-corrected chi connectivity index (χ0v) is 10.8. The van der Waals surface area contributed by atoms with Gasteiger partial charge in [0.2, 0.25) is 5.82 Å². The molecule has 4 nitrogen and oxygen atoms in total. The van der Waals surface area contributed by atoms with Crippen molar-refractivity contribution in [1.29, 1.82) is 0 Å². The summed E-state index contributed by atoms with van der Waals surface area (Å²) in [5.74, 6) is 0.317. The van der Waals surface area contributed by atoms with Gasteiger partial charge >= 0.3 is 0 Å². The Bertz CT molecular complexity index is 722. The maximum atomic E-state index is 11.1. The van der Waals surface area contributed by atoms with Crippen molar-refractivity contribution in [1.82, 2.24) is 9.38 Å². The molecular weight excluding hydrogens is 294 g/mol. The minimum atomic E-state index is 0.317. The van der Waals surface area contributed by atoms with Gasteiger partial charge in [0.25, 0.3) is 0 Å². The summed E-state index contributed by atoms with van der Waals surface area (Å²) in [6, 6.07) is 13.3. The number of imidazole rings is 1. The fourth-order valence-electron chi connectivity index (χ4n) is 1.90. The normalized spacial score (nSPS) is 10.7. The lowest BCUT2D eigenvalue weighted by atomic mass is 10.1. The van der Waals surface area contributed by atoms with E-state index < -0.39 is 0 Å². The summed E-state index contributed by atoms with van der Waals surface area (Å²) in [5.41, 5.74) is 2.16. The van der Waals surface area contributed by atoms with E-state index in [0.29, 0.717) is 17.2 Å². The van der Waals surface area contributed by atoms with Crippen LogP contribution >= 0.6 is 15.9 Å². The van der Waals surface area contributed by atoms with Gasteiger partial charge in [-0.2, -0.15) is 0 Å². The summed E-state index contributed by atoms with van der Waals surface area (Å²) in [6.07, 6.45) is 1.77. The average Bonchev–Trinajstić information content (AvgIpc) is 2.80. The van der Waals surface area contributed by atoms with Gasteiger partial charge in [0.1, 0.15) is 5.69 Å². The van der Waals surface area contributed by atoms with Crippen LogP contribution in [0.1, 0.15) is 0 Å². The number of nitrogens with zero attached hydrogens (tertiary/aromatic N) is 3. The molecule has 0 amide bonds. The first-order valence-corrected chi connectivity index (χ1v) is 6.16. The predicted molar refractivity (Wildman–Crippen MR) is 73.8 cm³/mol. The molecule has 3 aromatic rings. The largest absolute Gasteiger partial charge is 0.280 e. The zero-order valence-electron chi connectivity index (χ0n) is 9.25. The van der Waals surface area contributed by atoms with Crippen LogP contribution in [-0.4, -0.2) is 9.38 Å². The lowest BCUT2D eigenvalue weighted by molar-refractivity contribution is 1.15. The van der Waals surface area contributed by atoms with Crippen molar-refractivity contribution in [2.24, 2.45) is 5.18 Å². The third kappa shape index (κ3) is 1.64. The predicted octanol–water partition coefficient (Wildman–Crippen LogP) is 4.16. The number of rotatable bonds is 2. The number of nitroso groups, excluding NO2 is 1. The highest BCUT2D eigenvalue weighted by Gasteiger charge is 2.15. The monoisotopic (exact) mass is 301 g/mol. The SMILES string of the molecule is O=Nc1c(-c2ccccc2)nc2c(Br)cccn12. The van der Waals surface area contributed by atoms with Crippen molar-refractivity contribution in [2.45, 2.75) is 0 Å². The van der Waals surface area contributed by atoms with Crippen molar-refractivity contribution < 1.29 is 0 Å². The third-order valence-electron chi connectivity index (χ3n) is 2.71. The van der Waals surface area contributed by atoms with Gasteiger partial charge in [-0.25, -0.2) is 4.98 Å². The number of halogens is 1. The quantitative estimate of drug-likeness (QED) is 0.667. The van der Waals surface area contributed by atoms with Crippen LogP contribution in [0.15, 0.2) is 58.3 Å². The number of hydrogen-bond donors (Lipinski definition) is 0. The lowest BCUT2D eigenvalue weighted by Crippen LogP contribution is -1.82. The minimum Gasteiger partial charge on any atom is -0.280 e. The average molecular weight is 302 g/mol. The number of pyridine rings is 1. The molecule has 0 radical (unpaired) electrons. The molecule has 0 bridgehead atoms. The van der Waals surface area contributed by atoms with E-state index in [9.17, 15) is 4.91 Å². The fraction of sp³-hybridized carbons (Fsp3) is 0. The van der Waals surface area contributed by atoms with Crippen LogP contribution in [0.3, 0.4) is 0 Å². The van der Waals surface area contributed by atoms with Crippen molar-refractivity contribution in [3.8, 4) is 11.3 Å². The highest BCUT2D eigenvalue weighted by atomic mass is 79.9. The fourth-order valence-corrected chi connectivity index (χ4v) is 2.33. The summed E-state index contributed by atoms with van der Waals surface area (Å²) < 4.78 is 2.51. The molecule has 0 aliphatic carbocycles. The maximum absolute atomic E-state index is 11.1. The highest BCUT2D eigenvalue weighted by Crippen LogP contribution is 2.32. The van der Waals surface area contributed by atoms with Crippen LogP contribution in [0.5, 0.6) is 0 Å². The minimum absolute atomic E-state index is 0.317. The molecule has 0 atom stereocenters. The molecule has 18 heavy (non-hydrogen) atoms. The highest BCUT2D eigenvalue weighted by molar-refractivity contribution is 9.10. The molecule has 5 heteroatoms. The van der Waals surface area contributed by atoms with Gasteiger partial charge in [-0.05, 0) is 33.2 Å². The van der Waals surface area contributed by atoms with Crippen molar-refractivity contribution in [2.75, 3.05) is 0 Å². The van der Waals surface area contributed by atoms with Crippen LogP contribution in [0, 0.1) is 4.91 Å². The summed E-state index contributed by atoms with van der Waals surface area (Å²) in [6.45, 7) is 0. The van der Waals surface area contributed by atoms with Crippen LogP contribution in [-0.2, 0) is 0 Å². The summed E-state index contributed by atoms with van der Waals surface area (Å²) in [5, 5.41) is 3.11. The van der Waals surface area contributed by atoms with Gasteiger partial charge < -0.3 is 0 Å². The Balaban J connectivity index is 2.37. The van der Waals surface area contributed by atoms with Gasteiger partial charge in [0.05, 0.1) is 4.47 Å². The Morgan fingerprint density at radius 2 is 1.89 bits per heavy atom. The first-order valence-electron chi connectivity index (χ1n) is 5.36. The molecule has 0 unspecified atom stereocenters. The van der Waals surface area contributed by atoms with E-state index >= 15 is 0 Å². The van der Waals surface area contributed by atoms with E-state index in [1.54, 1.807) is 10.6 Å². The molecule has 0 saturated heterocycles. The van der Waals surface area contributed by atoms with Crippen LogP contribution in [0.4, 0.5) is 5.82 Å². The Kier molecular flexibility index (Phi) is 2.68. The van der Waals surface area contributed by atoms with E-state index in [4.69, 9.17) is 0 Å². The lowest BCUT2D eigenvalue weighted by Gasteiger charge is -1.96. The van der Waals surface area contributed by atoms with Crippen LogP contribution < -0.4 is 0 Å². The molecule has 2 aromatic heterocycles. The first-order chi connectivity index (χ1) is 8.81. The molecule has 1 aromatic carbocycles. The molecule has 0 fully saturated rings. The molecule has 0 saturated carbocycles. The first kappa shape index (κ1) is 11.1. The molecule has 3 rings (SSSR count). The zero-order chi connectivity index (χ0) is 12.5. The van der Waals surface area contributed by atoms with Crippen molar-refractivity contribution >= 4 is 27.4 Å². The Morgan fingerprint density at radius 1 is 1.11 bits per heavy atom. The number of benzene rings is 1. The maximum Gasteiger partial charge on any atom is 0.209 e. The van der Waals surface area contributed by atoms with Crippen molar-refractivity contribution in [3.63, 3.8) is 0 Å². The molecule has 88 valence electrons. The Labute approximate surface area is 111 Å². The number of hydrogen-bond acceptors (Lipinski definition) is 3. The van der Waals surface area contributed by atoms with Gasteiger partial charge in [-0.15, -0.1) is 4.91 Å². The Hall–Kier alpha value is -2.01. The van der Waals surface area contributed by atoms with Crippen LogP contribution in [0.2, 0.25) is 0 Å². The molecular formula is C13H8BrN3O. The van der Waals surface area contributed by atoms with Gasteiger partial charge in [0, 0.05) is 11.8 Å². The van der Waals surface area contributed by atoms with Crippen LogP contribution in [0.25, 0.3) is 16.9 Å². The smallest absolute Gasteiger partial charge is 0.209 e. The van der Waals surface area contributed by atoms with E-state index in [1.165, 1.54) is 0 Å². The van der Waals surface area contributed by atoms with Gasteiger partial charge in [-0.3, -0.25) is 4.40 Å². The van der Waals surface area contributed by atoms with E-state index in [0.717, 1.165) is 10.0 Å². The molecule has 0 aliphatic heterocycles. The molecule has 0 spiro atoms. The molecule has 2 heterocycles. The third-order valence-corrected chi connectivity index (χ3v) is 3.33. The molecule has 0 N–H and O–H groups in total. The van der Waals surface area contributed by atoms with Crippen molar-refractivity contribution in [3.05, 3.63) is 58.0 Å². The molecule has 0 aliphatic rings. The second-order valence-electron chi connectivity index (χ2n) is 3.79. The van der Waals surface area contributed by atoms with E-state index in [2.05, 4.69) is 26.1 Å². The summed E-state index contributed by atoms with van der Waals surface area (Å²) in [4.78, 5) is 15.5. The van der Waals surface area contributed by atoms with E-state index in [-0.39, 0.29) is 0 Å². The topological polar surface area (TPSA) is 46.7 Å². The summed E-state index contributed by atoms with van der Waals surface area (Å²) in [7, 11) is 0. The number of fused-ring (bicyclic) bond motifs is 1. The second-order valence-corrected chi connectivity index (χ2v) is 4.65. The van der Waals surface area contributed by atoms with Gasteiger partial charge in [-0.1, -0.05) is 30.3 Å². The second kappa shape index (κ2) is 4.34. The Morgan fingerprint density at radius 3 is 2.61 bits per heavy atom. The number of aromatic nitrogens is 2. The standard InChI is InChI=1S/C13H8BrN3O/c14-10-7-4-8-17-12(10)15-11(13(17)16-18)9-5-2-1-3-6-9/h1-8H.